The molecule has 1 amide bonds. The van der Waals surface area contributed by atoms with E-state index in [9.17, 15) is 9.18 Å². The van der Waals surface area contributed by atoms with Crippen molar-refractivity contribution in [2.75, 3.05) is 18.0 Å². The SMILES string of the molecule is NCCN(C(=O)c1ccc(F)cc1)c1ccc(Cl)cc1. The molecule has 0 aliphatic rings. The van der Waals surface area contributed by atoms with E-state index in [1.807, 2.05) is 0 Å². The molecule has 2 rings (SSSR count). The predicted octanol–water partition coefficient (Wildman–Crippen LogP) is 3.08. The number of carbonyl (C=O) groups is 1. The lowest BCUT2D eigenvalue weighted by atomic mass is 10.1. The van der Waals surface area contributed by atoms with E-state index in [4.69, 9.17) is 17.3 Å². The average Bonchev–Trinajstić information content (AvgIpc) is 2.46. The van der Waals surface area contributed by atoms with Crippen LogP contribution in [0.3, 0.4) is 0 Å². The van der Waals surface area contributed by atoms with Gasteiger partial charge in [0.1, 0.15) is 5.82 Å². The number of nitrogens with two attached hydrogens (primary N) is 1. The summed E-state index contributed by atoms with van der Waals surface area (Å²) in [6.45, 7) is 0.702. The lowest BCUT2D eigenvalue weighted by molar-refractivity contribution is 0.0987. The largest absolute Gasteiger partial charge is 0.329 e. The van der Waals surface area contributed by atoms with E-state index in [1.165, 1.54) is 24.3 Å². The molecule has 2 aromatic rings. The number of nitrogens with zero attached hydrogens (tertiary/aromatic N) is 1. The van der Waals surface area contributed by atoms with Gasteiger partial charge in [0.2, 0.25) is 0 Å². The Morgan fingerprint density at radius 1 is 1.10 bits per heavy atom. The standard InChI is InChI=1S/C15H14ClFN2O/c16-12-3-7-14(8-4-12)19(10-9-18)15(20)11-1-5-13(17)6-2-11/h1-8H,9-10,18H2. The van der Waals surface area contributed by atoms with E-state index in [-0.39, 0.29) is 11.7 Å². The molecule has 3 nitrogen and oxygen atoms in total. The molecule has 0 bridgehead atoms. The van der Waals surface area contributed by atoms with Gasteiger partial charge in [-0.2, -0.15) is 0 Å². The van der Waals surface area contributed by atoms with Crippen LogP contribution >= 0.6 is 11.6 Å². The molecule has 5 heteroatoms. The second kappa shape index (κ2) is 6.50. The number of rotatable bonds is 4. The van der Waals surface area contributed by atoms with Crippen LogP contribution in [0.15, 0.2) is 48.5 Å². The quantitative estimate of drug-likeness (QED) is 0.941. The third-order valence-electron chi connectivity index (χ3n) is 2.83. The van der Waals surface area contributed by atoms with Crippen molar-refractivity contribution in [2.45, 2.75) is 0 Å². The van der Waals surface area contributed by atoms with Gasteiger partial charge in [-0.05, 0) is 48.5 Å². The van der Waals surface area contributed by atoms with Crippen molar-refractivity contribution in [3.8, 4) is 0 Å². The molecule has 0 aliphatic heterocycles. The molecular weight excluding hydrogens is 279 g/mol. The zero-order valence-corrected chi connectivity index (χ0v) is 11.5. The molecular formula is C15H14ClFN2O. The highest BCUT2D eigenvalue weighted by Crippen LogP contribution is 2.20. The van der Waals surface area contributed by atoms with Crippen molar-refractivity contribution in [3.63, 3.8) is 0 Å². The zero-order chi connectivity index (χ0) is 14.5. The predicted molar refractivity (Wildman–Crippen MR) is 78.6 cm³/mol. The van der Waals surface area contributed by atoms with Crippen molar-refractivity contribution >= 4 is 23.2 Å². The normalized spacial score (nSPS) is 10.3. The molecule has 0 radical (unpaired) electrons. The third-order valence-corrected chi connectivity index (χ3v) is 3.08. The molecule has 104 valence electrons. The first-order valence-electron chi connectivity index (χ1n) is 6.15. The lowest BCUT2D eigenvalue weighted by Gasteiger charge is -2.22. The Morgan fingerprint density at radius 3 is 2.25 bits per heavy atom. The van der Waals surface area contributed by atoms with Crippen molar-refractivity contribution < 1.29 is 9.18 Å². The Hall–Kier alpha value is -1.91. The van der Waals surface area contributed by atoms with Gasteiger partial charge in [0.15, 0.2) is 0 Å². The molecule has 2 aromatic carbocycles. The lowest BCUT2D eigenvalue weighted by Crippen LogP contribution is -2.35. The van der Waals surface area contributed by atoms with Crippen LogP contribution in [0.1, 0.15) is 10.4 Å². The zero-order valence-electron chi connectivity index (χ0n) is 10.7. The van der Waals surface area contributed by atoms with Crippen LogP contribution in [-0.2, 0) is 0 Å². The van der Waals surface area contributed by atoms with Gasteiger partial charge in [0.05, 0.1) is 0 Å². The van der Waals surface area contributed by atoms with E-state index in [2.05, 4.69) is 0 Å². The first kappa shape index (κ1) is 14.5. The van der Waals surface area contributed by atoms with Crippen molar-refractivity contribution in [2.24, 2.45) is 5.73 Å². The average molecular weight is 293 g/mol. The van der Waals surface area contributed by atoms with Crippen LogP contribution < -0.4 is 10.6 Å². The molecule has 0 aliphatic carbocycles. The smallest absolute Gasteiger partial charge is 0.258 e. The minimum absolute atomic E-state index is 0.224. The van der Waals surface area contributed by atoms with Crippen LogP contribution in [0.5, 0.6) is 0 Å². The molecule has 0 atom stereocenters. The van der Waals surface area contributed by atoms with Gasteiger partial charge >= 0.3 is 0 Å². The summed E-state index contributed by atoms with van der Waals surface area (Å²) in [6, 6.07) is 12.3. The Bertz CT molecular complexity index is 584. The number of hydrogen-bond acceptors (Lipinski definition) is 2. The highest BCUT2D eigenvalue weighted by molar-refractivity contribution is 6.30. The number of hydrogen-bond donors (Lipinski definition) is 1. The van der Waals surface area contributed by atoms with E-state index in [0.717, 1.165) is 0 Å². The number of anilines is 1. The second-order valence-electron chi connectivity index (χ2n) is 4.23. The van der Waals surface area contributed by atoms with Crippen LogP contribution in [0, 0.1) is 5.82 Å². The van der Waals surface area contributed by atoms with E-state index < -0.39 is 0 Å². The molecule has 0 aromatic heterocycles. The molecule has 0 unspecified atom stereocenters. The number of carbonyl (C=O) groups excluding carboxylic acids is 1. The minimum atomic E-state index is -0.376. The van der Waals surface area contributed by atoms with Crippen LogP contribution in [0.25, 0.3) is 0 Å². The van der Waals surface area contributed by atoms with E-state index in [1.54, 1.807) is 29.2 Å². The summed E-state index contributed by atoms with van der Waals surface area (Å²) in [5.41, 5.74) is 6.67. The molecule has 0 fully saturated rings. The number of amides is 1. The minimum Gasteiger partial charge on any atom is -0.329 e. The van der Waals surface area contributed by atoms with Crippen molar-refractivity contribution in [3.05, 3.63) is 64.9 Å². The maximum absolute atomic E-state index is 12.9. The summed E-state index contributed by atoms with van der Waals surface area (Å²) in [5.74, 6) is -0.601. The van der Waals surface area contributed by atoms with Crippen LogP contribution in [0.4, 0.5) is 10.1 Å². The number of halogens is 2. The molecule has 0 heterocycles. The Kier molecular flexibility index (Phi) is 4.71. The summed E-state index contributed by atoms with van der Waals surface area (Å²) in [5, 5.41) is 0.593. The molecule has 0 saturated heterocycles. The monoisotopic (exact) mass is 292 g/mol. The highest BCUT2D eigenvalue weighted by atomic mass is 35.5. The van der Waals surface area contributed by atoms with Gasteiger partial charge in [-0.25, -0.2) is 4.39 Å². The van der Waals surface area contributed by atoms with Crippen LogP contribution in [0.2, 0.25) is 5.02 Å². The Balaban J connectivity index is 2.30. The molecule has 0 spiro atoms. The Labute approximate surface area is 121 Å². The van der Waals surface area contributed by atoms with Gasteiger partial charge in [0, 0.05) is 29.4 Å². The fourth-order valence-electron chi connectivity index (χ4n) is 1.85. The summed E-state index contributed by atoms with van der Waals surface area (Å²) >= 11 is 5.84. The maximum Gasteiger partial charge on any atom is 0.258 e. The third kappa shape index (κ3) is 3.35. The van der Waals surface area contributed by atoms with Crippen molar-refractivity contribution in [1.29, 1.82) is 0 Å². The van der Waals surface area contributed by atoms with Gasteiger partial charge in [0.25, 0.3) is 5.91 Å². The van der Waals surface area contributed by atoms with Crippen LogP contribution in [-0.4, -0.2) is 19.0 Å². The summed E-state index contributed by atoms with van der Waals surface area (Å²) in [6.07, 6.45) is 0. The van der Waals surface area contributed by atoms with E-state index >= 15 is 0 Å². The molecule has 20 heavy (non-hydrogen) atoms. The topological polar surface area (TPSA) is 46.3 Å². The first-order chi connectivity index (χ1) is 9.61. The Morgan fingerprint density at radius 2 is 1.70 bits per heavy atom. The number of benzene rings is 2. The molecule has 0 saturated carbocycles. The highest BCUT2D eigenvalue weighted by Gasteiger charge is 2.16. The van der Waals surface area contributed by atoms with Gasteiger partial charge in [-0.15, -0.1) is 0 Å². The second-order valence-corrected chi connectivity index (χ2v) is 4.67. The fraction of sp³-hybridized carbons (Fsp3) is 0.133. The summed E-state index contributed by atoms with van der Waals surface area (Å²) in [4.78, 5) is 14.0. The first-order valence-corrected chi connectivity index (χ1v) is 6.52. The summed E-state index contributed by atoms with van der Waals surface area (Å²) in [7, 11) is 0. The summed E-state index contributed by atoms with van der Waals surface area (Å²) < 4.78 is 12.9. The van der Waals surface area contributed by atoms with Gasteiger partial charge in [-0.1, -0.05) is 11.6 Å². The van der Waals surface area contributed by atoms with Gasteiger partial charge in [-0.3, -0.25) is 4.79 Å². The van der Waals surface area contributed by atoms with Gasteiger partial charge < -0.3 is 10.6 Å². The van der Waals surface area contributed by atoms with Crippen molar-refractivity contribution in [1.82, 2.24) is 0 Å². The maximum atomic E-state index is 12.9. The molecule has 2 N–H and O–H groups in total. The van der Waals surface area contributed by atoms with E-state index in [0.29, 0.717) is 29.4 Å². The fourth-order valence-corrected chi connectivity index (χ4v) is 1.97.